The Morgan fingerprint density at radius 2 is 2.13 bits per heavy atom. The van der Waals surface area contributed by atoms with Gasteiger partial charge in [0.1, 0.15) is 0 Å². The van der Waals surface area contributed by atoms with E-state index in [0.717, 1.165) is 35.8 Å². The second-order valence-electron chi connectivity index (χ2n) is 3.84. The molecule has 0 aliphatic carbocycles. The van der Waals surface area contributed by atoms with Gasteiger partial charge >= 0.3 is 0 Å². The molecule has 15 heavy (non-hydrogen) atoms. The van der Waals surface area contributed by atoms with E-state index in [1.807, 2.05) is 18.7 Å². The van der Waals surface area contributed by atoms with E-state index in [2.05, 4.69) is 24.3 Å². The number of aryl methyl sites for hydroxylation is 2. The van der Waals surface area contributed by atoms with Crippen molar-refractivity contribution in [3.05, 3.63) is 16.4 Å². The molecule has 1 N–H and O–H groups in total. The standard InChI is InChI=1S/C11H20ClN3/c1-5-9(13-6-2)7-10-11(12)8(3)14-15(10)4/h9,13H,5-7H2,1-4H3. The van der Waals surface area contributed by atoms with E-state index in [1.165, 1.54) is 0 Å². The first-order valence-electron chi connectivity index (χ1n) is 5.51. The Kier molecular flexibility index (Phi) is 4.61. The molecule has 86 valence electrons. The summed E-state index contributed by atoms with van der Waals surface area (Å²) < 4.78 is 1.89. The van der Waals surface area contributed by atoms with Gasteiger partial charge in [-0.25, -0.2) is 0 Å². The van der Waals surface area contributed by atoms with Gasteiger partial charge in [-0.3, -0.25) is 4.68 Å². The molecular formula is C11H20ClN3. The van der Waals surface area contributed by atoms with Crippen LogP contribution >= 0.6 is 11.6 Å². The van der Waals surface area contributed by atoms with Crippen molar-refractivity contribution in [2.75, 3.05) is 6.54 Å². The third-order valence-electron chi connectivity index (χ3n) is 2.69. The molecule has 0 spiro atoms. The van der Waals surface area contributed by atoms with Crippen molar-refractivity contribution < 1.29 is 0 Å². The van der Waals surface area contributed by atoms with Gasteiger partial charge < -0.3 is 5.32 Å². The van der Waals surface area contributed by atoms with E-state index in [0.29, 0.717) is 6.04 Å². The molecule has 0 bridgehead atoms. The van der Waals surface area contributed by atoms with E-state index in [4.69, 9.17) is 11.6 Å². The molecule has 3 nitrogen and oxygen atoms in total. The molecule has 0 saturated carbocycles. The van der Waals surface area contributed by atoms with Crippen LogP contribution in [-0.2, 0) is 13.5 Å². The second kappa shape index (κ2) is 5.52. The Labute approximate surface area is 96.8 Å². The van der Waals surface area contributed by atoms with Gasteiger partial charge in [0, 0.05) is 19.5 Å². The van der Waals surface area contributed by atoms with Crippen molar-refractivity contribution in [3.8, 4) is 0 Å². The number of rotatable bonds is 5. The van der Waals surface area contributed by atoms with Gasteiger partial charge in [0.25, 0.3) is 0 Å². The smallest absolute Gasteiger partial charge is 0.0847 e. The highest BCUT2D eigenvalue weighted by molar-refractivity contribution is 6.31. The van der Waals surface area contributed by atoms with Gasteiger partial charge in [0.2, 0.25) is 0 Å². The summed E-state index contributed by atoms with van der Waals surface area (Å²) in [4.78, 5) is 0. The highest BCUT2D eigenvalue weighted by Gasteiger charge is 2.14. The van der Waals surface area contributed by atoms with Crippen LogP contribution < -0.4 is 5.32 Å². The van der Waals surface area contributed by atoms with Crippen LogP contribution in [0.15, 0.2) is 0 Å². The normalized spacial score (nSPS) is 13.1. The molecule has 1 aromatic heterocycles. The number of nitrogens with one attached hydrogen (secondary N) is 1. The molecule has 1 rings (SSSR count). The van der Waals surface area contributed by atoms with Crippen LogP contribution in [0.4, 0.5) is 0 Å². The van der Waals surface area contributed by atoms with Crippen LogP contribution in [-0.4, -0.2) is 22.4 Å². The number of aromatic nitrogens is 2. The first kappa shape index (κ1) is 12.5. The lowest BCUT2D eigenvalue weighted by Crippen LogP contribution is -2.31. The van der Waals surface area contributed by atoms with Crippen molar-refractivity contribution in [2.24, 2.45) is 7.05 Å². The van der Waals surface area contributed by atoms with Crippen molar-refractivity contribution in [1.29, 1.82) is 0 Å². The summed E-state index contributed by atoms with van der Waals surface area (Å²) in [6.07, 6.45) is 2.05. The van der Waals surface area contributed by atoms with E-state index in [-0.39, 0.29) is 0 Å². The minimum Gasteiger partial charge on any atom is -0.314 e. The van der Waals surface area contributed by atoms with Crippen LogP contribution in [0.25, 0.3) is 0 Å². The third-order valence-corrected chi connectivity index (χ3v) is 3.18. The maximum atomic E-state index is 6.20. The van der Waals surface area contributed by atoms with E-state index in [1.54, 1.807) is 0 Å². The summed E-state index contributed by atoms with van der Waals surface area (Å²) in [6.45, 7) is 7.25. The van der Waals surface area contributed by atoms with Crippen LogP contribution in [0.2, 0.25) is 5.02 Å². The number of likely N-dealkylation sites (N-methyl/N-ethyl adjacent to an activating group) is 1. The predicted molar refractivity (Wildman–Crippen MR) is 64.4 cm³/mol. The lowest BCUT2D eigenvalue weighted by Gasteiger charge is -2.15. The van der Waals surface area contributed by atoms with Gasteiger partial charge in [0.05, 0.1) is 16.4 Å². The van der Waals surface area contributed by atoms with Crippen LogP contribution in [0.1, 0.15) is 31.7 Å². The fraction of sp³-hybridized carbons (Fsp3) is 0.727. The summed E-state index contributed by atoms with van der Waals surface area (Å²) in [5, 5.41) is 8.57. The third kappa shape index (κ3) is 2.95. The van der Waals surface area contributed by atoms with Crippen molar-refractivity contribution in [3.63, 3.8) is 0 Å². The molecule has 1 atom stereocenters. The zero-order valence-electron chi connectivity index (χ0n) is 9.97. The Bertz CT molecular complexity index is 320. The fourth-order valence-corrected chi connectivity index (χ4v) is 2.02. The molecule has 0 saturated heterocycles. The summed E-state index contributed by atoms with van der Waals surface area (Å²) in [6, 6.07) is 0.488. The van der Waals surface area contributed by atoms with E-state index < -0.39 is 0 Å². The van der Waals surface area contributed by atoms with E-state index in [9.17, 15) is 0 Å². The van der Waals surface area contributed by atoms with Gasteiger partial charge in [-0.05, 0) is 19.9 Å². The molecular weight excluding hydrogens is 210 g/mol. The van der Waals surface area contributed by atoms with Crippen molar-refractivity contribution in [1.82, 2.24) is 15.1 Å². The topological polar surface area (TPSA) is 29.9 Å². The summed E-state index contributed by atoms with van der Waals surface area (Å²) >= 11 is 6.20. The molecule has 0 amide bonds. The summed E-state index contributed by atoms with van der Waals surface area (Å²) in [5.74, 6) is 0. The zero-order valence-corrected chi connectivity index (χ0v) is 10.7. The average Bonchev–Trinajstić information content (AvgIpc) is 2.44. The Morgan fingerprint density at radius 3 is 2.53 bits per heavy atom. The molecule has 0 radical (unpaired) electrons. The van der Waals surface area contributed by atoms with Crippen molar-refractivity contribution in [2.45, 2.75) is 39.7 Å². The Morgan fingerprint density at radius 1 is 1.47 bits per heavy atom. The van der Waals surface area contributed by atoms with Crippen LogP contribution in [0, 0.1) is 6.92 Å². The summed E-state index contributed by atoms with van der Waals surface area (Å²) in [5.41, 5.74) is 2.04. The fourth-order valence-electron chi connectivity index (χ4n) is 1.78. The number of nitrogens with zero attached hydrogens (tertiary/aromatic N) is 2. The monoisotopic (exact) mass is 229 g/mol. The molecule has 0 aromatic carbocycles. The molecule has 1 heterocycles. The zero-order chi connectivity index (χ0) is 11.4. The molecule has 0 fully saturated rings. The quantitative estimate of drug-likeness (QED) is 0.840. The highest BCUT2D eigenvalue weighted by atomic mass is 35.5. The Balaban J connectivity index is 2.78. The number of halogens is 1. The van der Waals surface area contributed by atoms with Crippen LogP contribution in [0.3, 0.4) is 0 Å². The average molecular weight is 230 g/mol. The van der Waals surface area contributed by atoms with Crippen molar-refractivity contribution >= 4 is 11.6 Å². The van der Waals surface area contributed by atoms with Gasteiger partial charge in [-0.2, -0.15) is 5.10 Å². The molecule has 1 aromatic rings. The molecule has 0 aliphatic heterocycles. The first-order chi connectivity index (χ1) is 7.10. The minimum atomic E-state index is 0.488. The SMILES string of the molecule is CCNC(CC)Cc1c(Cl)c(C)nn1C. The number of hydrogen-bond donors (Lipinski definition) is 1. The molecule has 4 heteroatoms. The minimum absolute atomic E-state index is 0.488. The summed E-state index contributed by atoms with van der Waals surface area (Å²) in [7, 11) is 1.95. The van der Waals surface area contributed by atoms with Gasteiger partial charge in [-0.1, -0.05) is 25.4 Å². The van der Waals surface area contributed by atoms with Gasteiger partial charge in [0.15, 0.2) is 0 Å². The predicted octanol–water partition coefficient (Wildman–Crippen LogP) is 2.31. The van der Waals surface area contributed by atoms with E-state index >= 15 is 0 Å². The Hall–Kier alpha value is -0.540. The number of hydrogen-bond acceptors (Lipinski definition) is 2. The second-order valence-corrected chi connectivity index (χ2v) is 4.21. The van der Waals surface area contributed by atoms with Gasteiger partial charge in [-0.15, -0.1) is 0 Å². The highest BCUT2D eigenvalue weighted by Crippen LogP contribution is 2.21. The maximum absolute atomic E-state index is 6.20. The largest absolute Gasteiger partial charge is 0.314 e. The molecule has 1 unspecified atom stereocenters. The lowest BCUT2D eigenvalue weighted by atomic mass is 10.1. The maximum Gasteiger partial charge on any atom is 0.0847 e. The molecule has 0 aliphatic rings. The van der Waals surface area contributed by atoms with Crippen LogP contribution in [0.5, 0.6) is 0 Å². The lowest BCUT2D eigenvalue weighted by molar-refractivity contribution is 0.494. The first-order valence-corrected chi connectivity index (χ1v) is 5.89.